The van der Waals surface area contributed by atoms with E-state index in [0.29, 0.717) is 28.3 Å². The molecule has 0 aromatic carbocycles. The normalized spacial score (nSPS) is 21.6. The SMILES string of the molecule is CN(C)C1CCCN(S(=O)(=O)c2cc(CN)sc2Br)C1. The highest BCUT2D eigenvalue weighted by atomic mass is 79.9. The molecule has 20 heavy (non-hydrogen) atoms. The Morgan fingerprint density at radius 2 is 2.25 bits per heavy atom. The summed E-state index contributed by atoms with van der Waals surface area (Å²) in [6.07, 6.45) is 1.94. The third-order valence-electron chi connectivity index (χ3n) is 3.62. The van der Waals surface area contributed by atoms with E-state index in [0.717, 1.165) is 17.7 Å². The lowest BCUT2D eigenvalue weighted by Crippen LogP contribution is -2.47. The largest absolute Gasteiger partial charge is 0.326 e. The molecular weight excluding hydrogens is 362 g/mol. The van der Waals surface area contributed by atoms with Crippen LogP contribution in [0.1, 0.15) is 17.7 Å². The zero-order valence-electron chi connectivity index (χ0n) is 11.7. The molecule has 114 valence electrons. The summed E-state index contributed by atoms with van der Waals surface area (Å²) in [5.74, 6) is 0. The van der Waals surface area contributed by atoms with Gasteiger partial charge in [0.15, 0.2) is 0 Å². The molecule has 1 saturated heterocycles. The Hall–Kier alpha value is 0.01000. The molecule has 1 fully saturated rings. The van der Waals surface area contributed by atoms with E-state index in [1.165, 1.54) is 11.3 Å². The Balaban J connectivity index is 2.27. The summed E-state index contributed by atoms with van der Waals surface area (Å²) in [5, 5.41) is 0. The van der Waals surface area contributed by atoms with Gasteiger partial charge in [0.1, 0.15) is 4.90 Å². The third-order valence-corrected chi connectivity index (χ3v) is 7.75. The maximum absolute atomic E-state index is 12.7. The van der Waals surface area contributed by atoms with E-state index in [2.05, 4.69) is 20.8 Å². The Morgan fingerprint density at radius 1 is 1.55 bits per heavy atom. The minimum absolute atomic E-state index is 0.282. The van der Waals surface area contributed by atoms with Gasteiger partial charge in [0.05, 0.1) is 3.79 Å². The Morgan fingerprint density at radius 3 is 2.80 bits per heavy atom. The van der Waals surface area contributed by atoms with E-state index in [1.54, 1.807) is 10.4 Å². The average molecular weight is 382 g/mol. The van der Waals surface area contributed by atoms with Gasteiger partial charge in [0.25, 0.3) is 0 Å². The van der Waals surface area contributed by atoms with Crippen LogP contribution < -0.4 is 5.73 Å². The van der Waals surface area contributed by atoms with Crippen LogP contribution in [0.5, 0.6) is 0 Å². The number of sulfonamides is 1. The van der Waals surface area contributed by atoms with Crippen LogP contribution in [0.15, 0.2) is 14.7 Å². The quantitative estimate of drug-likeness (QED) is 0.861. The van der Waals surface area contributed by atoms with E-state index in [4.69, 9.17) is 5.73 Å². The highest BCUT2D eigenvalue weighted by Crippen LogP contribution is 2.34. The van der Waals surface area contributed by atoms with Crippen LogP contribution in [-0.2, 0) is 16.6 Å². The second-order valence-corrected chi connectivity index (χ2v) is 9.54. The first-order chi connectivity index (χ1) is 9.36. The summed E-state index contributed by atoms with van der Waals surface area (Å²) < 4.78 is 27.7. The molecule has 2 N–H and O–H groups in total. The van der Waals surface area contributed by atoms with Crippen molar-refractivity contribution in [3.8, 4) is 0 Å². The first-order valence-corrected chi connectivity index (χ1v) is 9.56. The summed E-state index contributed by atoms with van der Waals surface area (Å²) in [5.41, 5.74) is 5.59. The van der Waals surface area contributed by atoms with Crippen molar-refractivity contribution in [2.75, 3.05) is 27.2 Å². The number of halogens is 1. The van der Waals surface area contributed by atoms with Crippen molar-refractivity contribution in [2.45, 2.75) is 30.3 Å². The lowest BCUT2D eigenvalue weighted by molar-refractivity contribution is 0.190. The van der Waals surface area contributed by atoms with Crippen LogP contribution in [-0.4, -0.2) is 50.8 Å². The fourth-order valence-electron chi connectivity index (χ4n) is 2.37. The Kier molecular flexibility index (Phi) is 5.25. The highest BCUT2D eigenvalue weighted by Gasteiger charge is 2.33. The standard InChI is InChI=1S/C12H20BrN3O2S2/c1-15(2)9-4-3-5-16(8-9)20(17,18)11-6-10(7-14)19-12(11)13/h6,9H,3-5,7-8,14H2,1-2H3. The summed E-state index contributed by atoms with van der Waals surface area (Å²) in [6, 6.07) is 1.97. The molecule has 2 rings (SSSR count). The first-order valence-electron chi connectivity index (χ1n) is 6.51. The predicted molar refractivity (Wildman–Crippen MR) is 85.4 cm³/mol. The van der Waals surface area contributed by atoms with Gasteiger partial charge in [-0.2, -0.15) is 4.31 Å². The number of rotatable bonds is 4. The monoisotopic (exact) mass is 381 g/mol. The Bertz CT molecular complexity index is 571. The molecule has 0 amide bonds. The first kappa shape index (κ1) is 16.4. The van der Waals surface area contributed by atoms with Crippen LogP contribution in [0.3, 0.4) is 0 Å². The maximum Gasteiger partial charge on any atom is 0.245 e. The van der Waals surface area contributed by atoms with E-state index < -0.39 is 10.0 Å². The molecule has 2 heterocycles. The van der Waals surface area contributed by atoms with E-state index in [1.807, 2.05) is 14.1 Å². The Labute approximate surface area is 132 Å². The predicted octanol–water partition coefficient (Wildman–Crippen LogP) is 1.68. The van der Waals surface area contributed by atoms with Crippen molar-refractivity contribution in [1.82, 2.24) is 9.21 Å². The smallest absolute Gasteiger partial charge is 0.245 e. The summed E-state index contributed by atoms with van der Waals surface area (Å²) in [6.45, 7) is 1.50. The van der Waals surface area contributed by atoms with Gasteiger partial charge in [0.2, 0.25) is 10.0 Å². The van der Waals surface area contributed by atoms with E-state index >= 15 is 0 Å². The van der Waals surface area contributed by atoms with Gasteiger partial charge in [-0.25, -0.2) is 8.42 Å². The van der Waals surface area contributed by atoms with Crippen molar-refractivity contribution in [3.63, 3.8) is 0 Å². The maximum atomic E-state index is 12.7. The fraction of sp³-hybridized carbons (Fsp3) is 0.667. The molecule has 8 heteroatoms. The van der Waals surface area contributed by atoms with E-state index in [9.17, 15) is 8.42 Å². The fourth-order valence-corrected chi connectivity index (χ4v) is 6.40. The number of hydrogen-bond donors (Lipinski definition) is 1. The molecule has 0 bridgehead atoms. The molecule has 1 atom stereocenters. The molecule has 1 aliphatic heterocycles. The molecule has 0 saturated carbocycles. The number of hydrogen-bond acceptors (Lipinski definition) is 5. The van der Waals surface area contributed by atoms with Gasteiger partial charge in [-0.05, 0) is 48.9 Å². The summed E-state index contributed by atoms with van der Waals surface area (Å²) >= 11 is 4.74. The van der Waals surface area contributed by atoms with Gasteiger partial charge >= 0.3 is 0 Å². The molecule has 1 unspecified atom stereocenters. The lowest BCUT2D eigenvalue weighted by Gasteiger charge is -2.35. The lowest BCUT2D eigenvalue weighted by atomic mass is 10.1. The van der Waals surface area contributed by atoms with Crippen molar-refractivity contribution in [2.24, 2.45) is 5.73 Å². The van der Waals surface area contributed by atoms with Gasteiger partial charge in [-0.15, -0.1) is 11.3 Å². The van der Waals surface area contributed by atoms with Crippen LogP contribution >= 0.6 is 27.3 Å². The molecule has 0 radical (unpaired) electrons. The number of piperidine rings is 1. The van der Waals surface area contributed by atoms with E-state index in [-0.39, 0.29) is 6.04 Å². The second kappa shape index (κ2) is 6.41. The molecule has 0 aliphatic carbocycles. The number of thiophene rings is 1. The van der Waals surface area contributed by atoms with Gasteiger partial charge in [-0.1, -0.05) is 0 Å². The van der Waals surface area contributed by atoms with Gasteiger partial charge in [0, 0.05) is 30.6 Å². The molecule has 0 spiro atoms. The third kappa shape index (κ3) is 3.26. The molecule has 1 aromatic rings. The zero-order chi connectivity index (χ0) is 14.9. The number of likely N-dealkylation sites (N-methyl/N-ethyl adjacent to an activating group) is 1. The molecular formula is C12H20BrN3O2S2. The molecule has 1 aromatic heterocycles. The minimum atomic E-state index is -3.43. The molecule has 1 aliphatic rings. The van der Waals surface area contributed by atoms with Gasteiger partial charge in [-0.3, -0.25) is 0 Å². The van der Waals surface area contributed by atoms with Crippen LogP contribution in [0.25, 0.3) is 0 Å². The van der Waals surface area contributed by atoms with Crippen molar-refractivity contribution in [3.05, 3.63) is 14.7 Å². The topological polar surface area (TPSA) is 66.6 Å². The van der Waals surface area contributed by atoms with Crippen molar-refractivity contribution < 1.29 is 8.42 Å². The highest BCUT2D eigenvalue weighted by molar-refractivity contribution is 9.11. The van der Waals surface area contributed by atoms with Crippen LogP contribution in [0, 0.1) is 0 Å². The van der Waals surface area contributed by atoms with Gasteiger partial charge < -0.3 is 10.6 Å². The van der Waals surface area contributed by atoms with Crippen LogP contribution in [0.2, 0.25) is 0 Å². The number of nitrogens with two attached hydrogens (primary N) is 1. The van der Waals surface area contributed by atoms with Crippen LogP contribution in [0.4, 0.5) is 0 Å². The van der Waals surface area contributed by atoms with Crippen molar-refractivity contribution in [1.29, 1.82) is 0 Å². The minimum Gasteiger partial charge on any atom is -0.326 e. The summed E-state index contributed by atoms with van der Waals surface area (Å²) in [7, 11) is 0.554. The average Bonchev–Trinajstić information content (AvgIpc) is 2.81. The molecule has 5 nitrogen and oxygen atoms in total. The zero-order valence-corrected chi connectivity index (χ0v) is 14.9. The summed E-state index contributed by atoms with van der Waals surface area (Å²) in [4.78, 5) is 3.31. The second-order valence-electron chi connectivity index (χ2n) is 5.18. The number of nitrogens with zero attached hydrogens (tertiary/aromatic N) is 2. The van der Waals surface area contributed by atoms with Crippen molar-refractivity contribution >= 4 is 37.3 Å².